The van der Waals surface area contributed by atoms with E-state index in [4.69, 9.17) is 0 Å². The zero-order valence-corrected chi connectivity index (χ0v) is 11.1. The molecule has 0 spiro atoms. The minimum Gasteiger partial charge on any atom is -0.294 e. The van der Waals surface area contributed by atoms with Crippen molar-refractivity contribution in [2.75, 3.05) is 6.26 Å². The van der Waals surface area contributed by atoms with Crippen LogP contribution < -0.4 is 0 Å². The summed E-state index contributed by atoms with van der Waals surface area (Å²) in [5.41, 5.74) is 0.888. The monoisotopic (exact) mass is 236 g/mol. The highest BCUT2D eigenvalue weighted by molar-refractivity contribution is 7.98. The highest BCUT2D eigenvalue weighted by Gasteiger charge is 2.09. The van der Waals surface area contributed by atoms with E-state index in [2.05, 4.69) is 13.8 Å². The number of benzene rings is 1. The molecule has 1 rings (SSSR count). The van der Waals surface area contributed by atoms with Crippen molar-refractivity contribution < 1.29 is 4.79 Å². The van der Waals surface area contributed by atoms with Crippen molar-refractivity contribution in [1.82, 2.24) is 0 Å². The largest absolute Gasteiger partial charge is 0.294 e. The van der Waals surface area contributed by atoms with Gasteiger partial charge in [-0.25, -0.2) is 0 Å². The van der Waals surface area contributed by atoms with E-state index in [1.807, 2.05) is 30.5 Å². The fourth-order valence-corrected chi connectivity index (χ4v) is 2.30. The Hall–Kier alpha value is -0.760. The Balaban J connectivity index is 2.59. The molecular formula is C14H20OS. The number of carbonyl (C=O) groups excluding carboxylic acids is 1. The molecule has 1 aromatic rings. The van der Waals surface area contributed by atoms with Crippen LogP contribution >= 0.6 is 11.8 Å². The van der Waals surface area contributed by atoms with Gasteiger partial charge in [-0.15, -0.1) is 11.8 Å². The highest BCUT2D eigenvalue weighted by atomic mass is 32.2. The maximum atomic E-state index is 12.0. The average Bonchev–Trinajstić information content (AvgIpc) is 2.28. The quantitative estimate of drug-likeness (QED) is 0.537. The van der Waals surface area contributed by atoms with Gasteiger partial charge in [0.2, 0.25) is 0 Å². The lowest BCUT2D eigenvalue weighted by Crippen LogP contribution is -2.01. The fourth-order valence-electron chi connectivity index (χ4n) is 1.68. The lowest BCUT2D eigenvalue weighted by Gasteiger charge is -2.07. The van der Waals surface area contributed by atoms with E-state index in [0.717, 1.165) is 23.3 Å². The van der Waals surface area contributed by atoms with Gasteiger partial charge >= 0.3 is 0 Å². The van der Waals surface area contributed by atoms with E-state index in [1.165, 1.54) is 0 Å². The van der Waals surface area contributed by atoms with Crippen molar-refractivity contribution in [1.29, 1.82) is 0 Å². The Morgan fingerprint density at radius 1 is 1.31 bits per heavy atom. The zero-order chi connectivity index (χ0) is 12.0. The molecule has 0 unspecified atom stereocenters. The Bertz CT molecular complexity index is 344. The van der Waals surface area contributed by atoms with Crippen LogP contribution in [0.3, 0.4) is 0 Å². The first-order valence-corrected chi connectivity index (χ1v) is 7.04. The molecule has 0 bridgehead atoms. The maximum absolute atomic E-state index is 12.0. The Labute approximate surface area is 103 Å². The Kier molecular flexibility index (Phi) is 5.61. The van der Waals surface area contributed by atoms with Crippen LogP contribution in [0, 0.1) is 5.92 Å². The van der Waals surface area contributed by atoms with Gasteiger partial charge in [0.05, 0.1) is 0 Å². The molecule has 0 fully saturated rings. The predicted octanol–water partition coefficient (Wildman–Crippen LogP) is 4.42. The molecular weight excluding hydrogens is 216 g/mol. The molecule has 0 aliphatic carbocycles. The van der Waals surface area contributed by atoms with Gasteiger partial charge in [-0.3, -0.25) is 4.79 Å². The van der Waals surface area contributed by atoms with Gasteiger partial charge in [0.25, 0.3) is 0 Å². The number of carbonyl (C=O) groups is 1. The number of thioether (sulfide) groups is 1. The van der Waals surface area contributed by atoms with Gasteiger partial charge in [-0.2, -0.15) is 0 Å². The SMILES string of the molecule is CSc1ccccc1C(=O)CCCC(C)C. The molecule has 1 aromatic carbocycles. The van der Waals surface area contributed by atoms with Crippen molar-refractivity contribution in [2.24, 2.45) is 5.92 Å². The topological polar surface area (TPSA) is 17.1 Å². The van der Waals surface area contributed by atoms with E-state index in [1.54, 1.807) is 11.8 Å². The van der Waals surface area contributed by atoms with Gasteiger partial charge in [0, 0.05) is 16.9 Å². The van der Waals surface area contributed by atoms with Crippen LogP contribution in [0.4, 0.5) is 0 Å². The second kappa shape index (κ2) is 6.74. The van der Waals surface area contributed by atoms with Crippen LogP contribution in [0.2, 0.25) is 0 Å². The van der Waals surface area contributed by atoms with Gasteiger partial charge in [-0.1, -0.05) is 38.5 Å². The number of rotatable bonds is 6. The molecule has 0 heterocycles. The van der Waals surface area contributed by atoms with Crippen molar-refractivity contribution in [2.45, 2.75) is 38.0 Å². The third-order valence-electron chi connectivity index (χ3n) is 2.59. The minimum absolute atomic E-state index is 0.283. The summed E-state index contributed by atoms with van der Waals surface area (Å²) in [5.74, 6) is 0.967. The number of hydrogen-bond acceptors (Lipinski definition) is 2. The minimum atomic E-state index is 0.283. The standard InChI is InChI=1S/C14H20OS/c1-11(2)7-6-9-13(15)12-8-4-5-10-14(12)16-3/h4-5,8,10-11H,6-7,9H2,1-3H3. The smallest absolute Gasteiger partial charge is 0.163 e. The molecule has 0 N–H and O–H groups in total. The average molecular weight is 236 g/mol. The van der Waals surface area contributed by atoms with E-state index in [0.29, 0.717) is 12.3 Å². The molecule has 1 nitrogen and oxygen atoms in total. The van der Waals surface area contributed by atoms with Crippen molar-refractivity contribution in [3.05, 3.63) is 29.8 Å². The maximum Gasteiger partial charge on any atom is 0.163 e. The molecule has 0 aromatic heterocycles. The Morgan fingerprint density at radius 2 is 2.00 bits per heavy atom. The molecule has 0 saturated heterocycles. The molecule has 0 aliphatic heterocycles. The molecule has 0 atom stereocenters. The van der Waals surface area contributed by atoms with E-state index >= 15 is 0 Å². The highest BCUT2D eigenvalue weighted by Crippen LogP contribution is 2.22. The van der Waals surface area contributed by atoms with Gasteiger partial charge in [0.15, 0.2) is 5.78 Å². The summed E-state index contributed by atoms with van der Waals surface area (Å²) in [6.07, 6.45) is 4.82. The van der Waals surface area contributed by atoms with Crippen molar-refractivity contribution >= 4 is 17.5 Å². The summed E-state index contributed by atoms with van der Waals surface area (Å²) in [7, 11) is 0. The van der Waals surface area contributed by atoms with Crippen LogP contribution in [0.1, 0.15) is 43.5 Å². The second-order valence-electron chi connectivity index (χ2n) is 4.41. The van der Waals surface area contributed by atoms with Gasteiger partial charge < -0.3 is 0 Å². The summed E-state index contributed by atoms with van der Waals surface area (Å²) in [6.45, 7) is 4.39. The van der Waals surface area contributed by atoms with Crippen LogP contribution in [0.25, 0.3) is 0 Å². The zero-order valence-electron chi connectivity index (χ0n) is 10.3. The molecule has 0 saturated carbocycles. The van der Waals surface area contributed by atoms with E-state index < -0.39 is 0 Å². The van der Waals surface area contributed by atoms with Crippen molar-refractivity contribution in [3.63, 3.8) is 0 Å². The first kappa shape index (κ1) is 13.3. The number of ketones is 1. The Morgan fingerprint density at radius 3 is 2.62 bits per heavy atom. The predicted molar refractivity (Wildman–Crippen MR) is 71.2 cm³/mol. The van der Waals surface area contributed by atoms with Gasteiger partial charge in [-0.05, 0) is 24.7 Å². The lowest BCUT2D eigenvalue weighted by atomic mass is 10.0. The molecule has 0 radical (unpaired) electrons. The molecule has 16 heavy (non-hydrogen) atoms. The first-order chi connectivity index (χ1) is 7.65. The third kappa shape index (κ3) is 4.01. The number of Topliss-reactive ketones (excluding diaryl/α,β-unsaturated/α-hetero) is 1. The van der Waals surface area contributed by atoms with E-state index in [-0.39, 0.29) is 5.78 Å². The van der Waals surface area contributed by atoms with Gasteiger partial charge in [0.1, 0.15) is 0 Å². The molecule has 2 heteroatoms. The van der Waals surface area contributed by atoms with Crippen LogP contribution in [0.5, 0.6) is 0 Å². The fraction of sp³-hybridized carbons (Fsp3) is 0.500. The van der Waals surface area contributed by atoms with Crippen LogP contribution in [-0.2, 0) is 0 Å². The van der Waals surface area contributed by atoms with Crippen LogP contribution in [-0.4, -0.2) is 12.0 Å². The summed E-state index contributed by atoms with van der Waals surface area (Å²) in [5, 5.41) is 0. The normalized spacial score (nSPS) is 10.8. The van der Waals surface area contributed by atoms with Crippen LogP contribution in [0.15, 0.2) is 29.2 Å². The summed E-state index contributed by atoms with van der Waals surface area (Å²) in [6, 6.07) is 7.87. The second-order valence-corrected chi connectivity index (χ2v) is 5.26. The number of hydrogen-bond donors (Lipinski definition) is 0. The first-order valence-electron chi connectivity index (χ1n) is 5.81. The summed E-state index contributed by atoms with van der Waals surface area (Å²) in [4.78, 5) is 13.1. The van der Waals surface area contributed by atoms with E-state index in [9.17, 15) is 4.79 Å². The molecule has 0 aliphatic rings. The third-order valence-corrected chi connectivity index (χ3v) is 3.39. The molecule has 88 valence electrons. The van der Waals surface area contributed by atoms with Crippen molar-refractivity contribution in [3.8, 4) is 0 Å². The summed E-state index contributed by atoms with van der Waals surface area (Å²) >= 11 is 1.64. The lowest BCUT2D eigenvalue weighted by molar-refractivity contribution is 0.0975. The summed E-state index contributed by atoms with van der Waals surface area (Å²) < 4.78 is 0. The molecule has 0 amide bonds.